The molecule has 3 N–H and O–H groups in total. The summed E-state index contributed by atoms with van der Waals surface area (Å²) in [6.45, 7) is 2.22. The molecular weight excluding hydrogens is 307 g/mol. The molecule has 1 heterocycles. The second kappa shape index (κ2) is 11.4. The van der Waals surface area contributed by atoms with Gasteiger partial charge in [0.2, 0.25) is 0 Å². The lowest BCUT2D eigenvalue weighted by molar-refractivity contribution is 0.0948. The van der Waals surface area contributed by atoms with Gasteiger partial charge in [0.15, 0.2) is 0 Å². The van der Waals surface area contributed by atoms with Crippen molar-refractivity contribution in [2.24, 2.45) is 5.73 Å². The number of nitrogens with one attached hydrogen (secondary N) is 1. The van der Waals surface area contributed by atoms with Gasteiger partial charge in [0.1, 0.15) is 5.69 Å². The number of nitrogens with two attached hydrogens (primary N) is 1. The Balaban J connectivity index is 0. The first-order valence-electron chi connectivity index (χ1n) is 5.71. The van der Waals surface area contributed by atoms with Crippen molar-refractivity contribution in [3.05, 3.63) is 16.1 Å². The van der Waals surface area contributed by atoms with Crippen LogP contribution >= 0.6 is 36.2 Å². The summed E-state index contributed by atoms with van der Waals surface area (Å²) in [6.07, 6.45) is 1.68. The topological polar surface area (TPSA) is 71.2 Å². The van der Waals surface area contributed by atoms with E-state index >= 15 is 0 Å². The number of hydrogen-bond donors (Lipinski definition) is 2. The van der Waals surface area contributed by atoms with Crippen LogP contribution in [0.25, 0.3) is 0 Å². The molecule has 1 aromatic rings. The third-order valence-corrected chi connectivity index (χ3v) is 3.12. The second-order valence-corrected chi connectivity index (χ2v) is 5.02. The lowest BCUT2D eigenvalue weighted by Crippen LogP contribution is -2.27. The minimum Gasteiger partial charge on any atom is -0.351 e. The Kier molecular flexibility index (Phi) is 12.6. The van der Waals surface area contributed by atoms with Crippen molar-refractivity contribution >= 4 is 42.1 Å². The van der Waals surface area contributed by atoms with Crippen molar-refractivity contribution in [1.82, 2.24) is 15.2 Å². The molecule has 0 atom stereocenters. The standard InChI is InChI=1S/C11H20N4OS.2ClH/c1-15(2)7-3-6-13-11(16)9-8-17-10(14-9)4-5-12;;/h8H,3-7,12H2,1-2H3,(H,13,16);2*1H. The minimum absolute atomic E-state index is 0. The molecule has 0 unspecified atom stereocenters. The molecule has 0 aliphatic heterocycles. The number of hydrogen-bond acceptors (Lipinski definition) is 5. The van der Waals surface area contributed by atoms with Crippen LogP contribution in [-0.2, 0) is 6.42 Å². The Morgan fingerprint density at radius 3 is 2.74 bits per heavy atom. The molecule has 0 bridgehead atoms. The fourth-order valence-corrected chi connectivity index (χ4v) is 2.14. The van der Waals surface area contributed by atoms with E-state index in [0.29, 0.717) is 18.8 Å². The van der Waals surface area contributed by atoms with Crippen LogP contribution in [0, 0.1) is 0 Å². The van der Waals surface area contributed by atoms with Crippen molar-refractivity contribution < 1.29 is 4.79 Å². The highest BCUT2D eigenvalue weighted by molar-refractivity contribution is 7.09. The molecule has 0 saturated carbocycles. The zero-order valence-corrected chi connectivity index (χ0v) is 13.7. The molecule has 8 heteroatoms. The fourth-order valence-electron chi connectivity index (χ4n) is 1.34. The van der Waals surface area contributed by atoms with Crippen molar-refractivity contribution in [3.63, 3.8) is 0 Å². The first-order chi connectivity index (χ1) is 8.13. The maximum atomic E-state index is 11.7. The predicted molar refractivity (Wildman–Crippen MR) is 84.9 cm³/mol. The van der Waals surface area contributed by atoms with E-state index in [2.05, 4.69) is 15.2 Å². The van der Waals surface area contributed by atoms with Gasteiger partial charge in [-0.2, -0.15) is 0 Å². The molecular formula is C11H22Cl2N4OS. The first kappa shape index (κ1) is 20.9. The van der Waals surface area contributed by atoms with Crippen molar-refractivity contribution in [1.29, 1.82) is 0 Å². The zero-order chi connectivity index (χ0) is 12.7. The Morgan fingerprint density at radius 1 is 1.47 bits per heavy atom. The number of halogens is 2. The Labute approximate surface area is 130 Å². The van der Waals surface area contributed by atoms with Gasteiger partial charge in [-0.05, 0) is 33.6 Å². The van der Waals surface area contributed by atoms with Gasteiger partial charge in [-0.3, -0.25) is 4.79 Å². The van der Waals surface area contributed by atoms with E-state index in [0.717, 1.165) is 24.4 Å². The molecule has 0 aromatic carbocycles. The quantitative estimate of drug-likeness (QED) is 0.737. The summed E-state index contributed by atoms with van der Waals surface area (Å²) in [7, 11) is 4.03. The van der Waals surface area contributed by atoms with Crippen LogP contribution in [0.4, 0.5) is 0 Å². The average molecular weight is 329 g/mol. The van der Waals surface area contributed by atoms with Crippen molar-refractivity contribution in [3.8, 4) is 0 Å². The van der Waals surface area contributed by atoms with Gasteiger partial charge in [0, 0.05) is 18.3 Å². The molecule has 0 fully saturated rings. The zero-order valence-electron chi connectivity index (χ0n) is 11.2. The number of rotatable bonds is 7. The van der Waals surface area contributed by atoms with Crippen LogP contribution in [-0.4, -0.2) is 49.5 Å². The number of carbonyl (C=O) groups is 1. The number of carbonyl (C=O) groups excluding carboxylic acids is 1. The number of aromatic nitrogens is 1. The third kappa shape index (κ3) is 8.39. The Hall–Kier alpha value is -0.400. The molecule has 0 aliphatic carbocycles. The summed E-state index contributed by atoms with van der Waals surface area (Å²) < 4.78 is 0. The lowest BCUT2D eigenvalue weighted by atomic mass is 10.3. The van der Waals surface area contributed by atoms with Gasteiger partial charge in [0.05, 0.1) is 5.01 Å². The van der Waals surface area contributed by atoms with E-state index in [-0.39, 0.29) is 30.7 Å². The van der Waals surface area contributed by atoms with E-state index in [1.807, 2.05) is 14.1 Å². The van der Waals surface area contributed by atoms with Crippen LogP contribution in [0.2, 0.25) is 0 Å². The normalized spacial score (nSPS) is 9.68. The SMILES string of the molecule is CN(C)CCCNC(=O)c1csc(CCN)n1.Cl.Cl. The summed E-state index contributed by atoms with van der Waals surface area (Å²) in [4.78, 5) is 18.0. The van der Waals surface area contributed by atoms with E-state index < -0.39 is 0 Å². The van der Waals surface area contributed by atoms with Gasteiger partial charge in [-0.15, -0.1) is 36.2 Å². The van der Waals surface area contributed by atoms with Crippen LogP contribution in [0.15, 0.2) is 5.38 Å². The number of nitrogens with zero attached hydrogens (tertiary/aromatic N) is 2. The third-order valence-electron chi connectivity index (χ3n) is 2.21. The predicted octanol–water partition coefficient (Wildman–Crippen LogP) is 1.17. The molecule has 5 nitrogen and oxygen atoms in total. The molecule has 1 rings (SSSR count). The Morgan fingerprint density at radius 2 is 2.16 bits per heavy atom. The maximum Gasteiger partial charge on any atom is 0.270 e. The van der Waals surface area contributed by atoms with Gasteiger partial charge < -0.3 is 16.0 Å². The molecule has 112 valence electrons. The summed E-state index contributed by atoms with van der Waals surface area (Å²) in [5.74, 6) is -0.0942. The highest BCUT2D eigenvalue weighted by Crippen LogP contribution is 2.09. The van der Waals surface area contributed by atoms with Crippen molar-refractivity contribution in [2.45, 2.75) is 12.8 Å². The van der Waals surface area contributed by atoms with Crippen LogP contribution in [0.3, 0.4) is 0 Å². The van der Waals surface area contributed by atoms with Gasteiger partial charge in [-0.25, -0.2) is 4.98 Å². The molecule has 0 radical (unpaired) electrons. The van der Waals surface area contributed by atoms with Gasteiger partial charge in [-0.1, -0.05) is 0 Å². The summed E-state index contributed by atoms with van der Waals surface area (Å²) in [5.41, 5.74) is 5.94. The van der Waals surface area contributed by atoms with Crippen LogP contribution in [0.1, 0.15) is 21.9 Å². The molecule has 1 amide bonds. The number of amides is 1. The molecule has 19 heavy (non-hydrogen) atoms. The summed E-state index contributed by atoms with van der Waals surface area (Å²) in [5, 5.41) is 5.56. The lowest BCUT2D eigenvalue weighted by Gasteiger charge is -2.09. The fraction of sp³-hybridized carbons (Fsp3) is 0.636. The maximum absolute atomic E-state index is 11.7. The van der Waals surface area contributed by atoms with E-state index in [9.17, 15) is 4.79 Å². The number of thiazole rings is 1. The van der Waals surface area contributed by atoms with E-state index in [4.69, 9.17) is 5.73 Å². The van der Waals surface area contributed by atoms with E-state index in [1.165, 1.54) is 11.3 Å². The Bertz CT molecular complexity index is 360. The van der Waals surface area contributed by atoms with Crippen LogP contribution < -0.4 is 11.1 Å². The highest BCUT2D eigenvalue weighted by Gasteiger charge is 2.09. The largest absolute Gasteiger partial charge is 0.351 e. The monoisotopic (exact) mass is 328 g/mol. The molecule has 0 aliphatic rings. The molecule has 0 spiro atoms. The first-order valence-corrected chi connectivity index (χ1v) is 6.59. The summed E-state index contributed by atoms with van der Waals surface area (Å²) in [6, 6.07) is 0. The molecule has 0 saturated heterocycles. The summed E-state index contributed by atoms with van der Waals surface area (Å²) >= 11 is 1.49. The highest BCUT2D eigenvalue weighted by atomic mass is 35.5. The minimum atomic E-state index is -0.0942. The molecule has 1 aromatic heterocycles. The average Bonchev–Trinajstić information content (AvgIpc) is 2.73. The second-order valence-electron chi connectivity index (χ2n) is 4.08. The van der Waals surface area contributed by atoms with Crippen LogP contribution in [0.5, 0.6) is 0 Å². The smallest absolute Gasteiger partial charge is 0.270 e. The van der Waals surface area contributed by atoms with Crippen molar-refractivity contribution in [2.75, 3.05) is 33.7 Å². The van der Waals surface area contributed by atoms with Gasteiger partial charge >= 0.3 is 0 Å². The van der Waals surface area contributed by atoms with Gasteiger partial charge in [0.25, 0.3) is 5.91 Å². The van der Waals surface area contributed by atoms with E-state index in [1.54, 1.807) is 5.38 Å².